The highest BCUT2D eigenvalue weighted by molar-refractivity contribution is 6.60. The Morgan fingerprint density at radius 1 is 0.919 bits per heavy atom. The van der Waals surface area contributed by atoms with Crippen LogP contribution < -0.4 is 9.47 Å². The molecule has 9 heteroatoms. The molecule has 0 bridgehead atoms. The maximum atomic E-state index is 10.6. The van der Waals surface area contributed by atoms with E-state index in [4.69, 9.17) is 27.5 Å². The fraction of sp³-hybridized carbons (Fsp3) is 0.571. The fourth-order valence-corrected chi connectivity index (χ4v) is 6.29. The number of aliphatic hydroxyl groups is 1. The van der Waals surface area contributed by atoms with E-state index in [0.29, 0.717) is 19.1 Å². The number of epoxide rings is 1. The first-order chi connectivity index (χ1) is 17.9. The molecule has 1 fully saturated rings. The lowest BCUT2D eigenvalue weighted by Gasteiger charge is -2.31. The Balaban J connectivity index is 1.40. The van der Waals surface area contributed by atoms with Crippen molar-refractivity contribution in [1.29, 1.82) is 0 Å². The summed E-state index contributed by atoms with van der Waals surface area (Å²) in [4.78, 5) is 2.22. The molecular formula is C28H43NO7Si. The molecule has 2 aromatic carbocycles. The molecule has 0 radical (unpaired) electrons. The third kappa shape index (κ3) is 10.0. The monoisotopic (exact) mass is 533 g/mol. The number of hydrogen-bond donors (Lipinski definition) is 1. The molecule has 206 valence electrons. The van der Waals surface area contributed by atoms with E-state index in [1.807, 2.05) is 24.3 Å². The van der Waals surface area contributed by atoms with Crippen molar-refractivity contribution in [3.05, 3.63) is 59.7 Å². The number of benzene rings is 2. The molecule has 1 N–H and O–H groups in total. The summed E-state index contributed by atoms with van der Waals surface area (Å²) in [5.41, 5.74) is 2.41. The van der Waals surface area contributed by atoms with Crippen LogP contribution in [0.5, 0.6) is 11.5 Å². The lowest BCUT2D eigenvalue weighted by atomic mass is 10.0. The molecule has 1 saturated heterocycles. The van der Waals surface area contributed by atoms with Gasteiger partial charge in [-0.2, -0.15) is 0 Å². The van der Waals surface area contributed by atoms with E-state index in [1.54, 1.807) is 21.3 Å². The molecule has 3 rings (SSSR count). The van der Waals surface area contributed by atoms with Gasteiger partial charge in [-0.25, -0.2) is 0 Å². The van der Waals surface area contributed by atoms with Crippen molar-refractivity contribution in [2.75, 3.05) is 60.8 Å². The summed E-state index contributed by atoms with van der Waals surface area (Å²) < 4.78 is 33.4. The molecule has 0 saturated carbocycles. The van der Waals surface area contributed by atoms with Gasteiger partial charge in [-0.1, -0.05) is 38.1 Å². The molecule has 37 heavy (non-hydrogen) atoms. The molecule has 0 spiro atoms. The van der Waals surface area contributed by atoms with Crippen LogP contribution in [0.3, 0.4) is 0 Å². The van der Waals surface area contributed by atoms with E-state index in [9.17, 15) is 5.11 Å². The van der Waals surface area contributed by atoms with Gasteiger partial charge in [0.1, 0.15) is 36.9 Å². The molecule has 3 atom stereocenters. The predicted octanol–water partition coefficient (Wildman–Crippen LogP) is 3.63. The average molecular weight is 534 g/mol. The van der Waals surface area contributed by atoms with Crippen molar-refractivity contribution in [2.45, 2.75) is 38.5 Å². The maximum Gasteiger partial charge on any atom is 0.500 e. The zero-order chi connectivity index (χ0) is 26.7. The molecule has 3 unspecified atom stereocenters. The minimum absolute atomic E-state index is 0.241. The molecule has 0 aromatic heterocycles. The van der Waals surface area contributed by atoms with Crippen molar-refractivity contribution in [1.82, 2.24) is 4.90 Å². The molecule has 1 aliphatic heterocycles. The Morgan fingerprint density at radius 2 is 1.46 bits per heavy atom. The Bertz CT molecular complexity index is 895. The van der Waals surface area contributed by atoms with Gasteiger partial charge in [0.2, 0.25) is 0 Å². The van der Waals surface area contributed by atoms with E-state index < -0.39 is 14.9 Å². The van der Waals surface area contributed by atoms with Crippen molar-refractivity contribution in [3.8, 4) is 11.5 Å². The van der Waals surface area contributed by atoms with Crippen LogP contribution in [0.1, 0.15) is 25.0 Å². The second-order valence-corrected chi connectivity index (χ2v) is 12.7. The normalized spacial score (nSPS) is 17.0. The minimum Gasteiger partial charge on any atom is -0.491 e. The van der Waals surface area contributed by atoms with Gasteiger partial charge >= 0.3 is 8.80 Å². The van der Waals surface area contributed by atoms with Gasteiger partial charge in [0.15, 0.2) is 0 Å². The largest absolute Gasteiger partial charge is 0.500 e. The van der Waals surface area contributed by atoms with Gasteiger partial charge in [-0.05, 0) is 54.3 Å². The van der Waals surface area contributed by atoms with Crippen LogP contribution in [-0.2, 0) is 24.4 Å². The molecule has 0 amide bonds. The van der Waals surface area contributed by atoms with Crippen molar-refractivity contribution in [3.63, 3.8) is 0 Å². The summed E-state index contributed by atoms with van der Waals surface area (Å²) >= 11 is 0. The van der Waals surface area contributed by atoms with E-state index in [-0.39, 0.29) is 12.7 Å². The molecular weight excluding hydrogens is 490 g/mol. The molecule has 0 aliphatic carbocycles. The van der Waals surface area contributed by atoms with Gasteiger partial charge in [0.05, 0.1) is 6.61 Å². The minimum atomic E-state index is -2.62. The van der Waals surface area contributed by atoms with Crippen LogP contribution in [0.15, 0.2) is 48.5 Å². The molecule has 2 aromatic rings. The van der Waals surface area contributed by atoms with Crippen molar-refractivity contribution in [2.24, 2.45) is 5.92 Å². The smallest absolute Gasteiger partial charge is 0.491 e. The number of likely N-dealkylation sites (N-methyl/N-ethyl adjacent to an activating group) is 1. The zero-order valence-corrected chi connectivity index (χ0v) is 23.9. The summed E-state index contributed by atoms with van der Waals surface area (Å²) in [5, 5.41) is 10.6. The van der Waals surface area contributed by atoms with Gasteiger partial charge in [-0.3, -0.25) is 0 Å². The first-order valence-electron chi connectivity index (χ1n) is 13.0. The van der Waals surface area contributed by atoms with Crippen LogP contribution in [0.2, 0.25) is 6.04 Å². The lowest BCUT2D eigenvalue weighted by molar-refractivity contribution is 0.0638. The highest BCUT2D eigenvalue weighted by atomic mass is 28.4. The van der Waals surface area contributed by atoms with Crippen molar-refractivity contribution < 1.29 is 32.6 Å². The lowest BCUT2D eigenvalue weighted by Crippen LogP contribution is -2.46. The molecule has 8 nitrogen and oxygen atoms in total. The Hall–Kier alpha value is -1.98. The number of hydrogen-bond acceptors (Lipinski definition) is 8. The van der Waals surface area contributed by atoms with Gasteiger partial charge in [-0.15, -0.1) is 0 Å². The second-order valence-electron chi connectivity index (χ2n) is 9.65. The zero-order valence-electron chi connectivity index (χ0n) is 22.9. The van der Waals surface area contributed by atoms with Crippen LogP contribution in [0, 0.1) is 5.92 Å². The van der Waals surface area contributed by atoms with E-state index in [2.05, 4.69) is 43.0 Å². The number of nitrogens with zero attached hydrogens (tertiary/aromatic N) is 1. The summed E-state index contributed by atoms with van der Waals surface area (Å²) in [6.45, 7) is 8.08. The predicted molar refractivity (Wildman–Crippen MR) is 145 cm³/mol. The molecule has 1 aliphatic rings. The number of aliphatic hydroxyl groups excluding tert-OH is 1. The maximum absolute atomic E-state index is 10.6. The summed E-state index contributed by atoms with van der Waals surface area (Å²) in [7, 11) is 2.29. The quantitative estimate of drug-likeness (QED) is 0.230. The third-order valence-electron chi connectivity index (χ3n) is 6.55. The van der Waals surface area contributed by atoms with Gasteiger partial charge < -0.3 is 37.5 Å². The highest BCUT2D eigenvalue weighted by Gasteiger charge is 2.39. The summed E-state index contributed by atoms with van der Waals surface area (Å²) in [5.74, 6) is 1.92. The van der Waals surface area contributed by atoms with E-state index in [0.717, 1.165) is 43.7 Å². The van der Waals surface area contributed by atoms with Crippen LogP contribution in [-0.4, -0.2) is 91.8 Å². The van der Waals surface area contributed by atoms with Crippen LogP contribution >= 0.6 is 0 Å². The summed E-state index contributed by atoms with van der Waals surface area (Å²) in [6.07, 6.45) is 0.502. The Kier molecular flexibility index (Phi) is 11.8. The first kappa shape index (κ1) is 29.6. The highest BCUT2D eigenvalue weighted by Crippen LogP contribution is 2.21. The van der Waals surface area contributed by atoms with Crippen molar-refractivity contribution >= 4 is 8.80 Å². The van der Waals surface area contributed by atoms with Crippen LogP contribution in [0.4, 0.5) is 0 Å². The Labute approximate surface area is 222 Å². The topological polar surface area (TPSA) is 82.2 Å². The Morgan fingerprint density at radius 3 is 1.95 bits per heavy atom. The van der Waals surface area contributed by atoms with Crippen LogP contribution in [0.25, 0.3) is 0 Å². The fourth-order valence-electron chi connectivity index (χ4n) is 4.30. The third-order valence-corrected chi connectivity index (χ3v) is 9.62. The average Bonchev–Trinajstić information content (AvgIpc) is 3.75. The summed E-state index contributed by atoms with van der Waals surface area (Å²) in [6, 6.07) is 16.9. The first-order valence-corrected chi connectivity index (χ1v) is 14.9. The van der Waals surface area contributed by atoms with E-state index >= 15 is 0 Å². The van der Waals surface area contributed by atoms with Gasteiger partial charge in [0.25, 0.3) is 0 Å². The van der Waals surface area contributed by atoms with E-state index in [1.165, 1.54) is 11.1 Å². The number of rotatable bonds is 18. The molecule has 1 heterocycles. The second kappa shape index (κ2) is 14.8. The number of ether oxygens (including phenoxy) is 3. The van der Waals surface area contributed by atoms with Gasteiger partial charge in [0, 0.05) is 40.5 Å². The SMILES string of the molecule is CCN(CC(C)C[Si](OC)(OC)OC)CC(O)COc1ccc(Cc2ccc(OCC3CO3)cc2)cc1. The standard InChI is InChI=1S/C28H43NO7Si/c1-6-29(16-22(2)21-37(31-3,32-4)33-5)17-25(30)18-34-26-11-7-23(8-12-26)15-24-9-13-27(14-10-24)35-19-28-20-36-28/h7-14,22,25,28,30H,6,15-21H2,1-5H3.